The van der Waals surface area contributed by atoms with Crippen LogP contribution in [0.5, 0.6) is 0 Å². The van der Waals surface area contributed by atoms with Gasteiger partial charge in [0.05, 0.1) is 25.0 Å². The molecule has 0 spiro atoms. The third-order valence-electron chi connectivity index (χ3n) is 1.89. The van der Waals surface area contributed by atoms with Gasteiger partial charge in [-0.25, -0.2) is 14.8 Å². The van der Waals surface area contributed by atoms with Crippen molar-refractivity contribution in [1.82, 2.24) is 9.97 Å². The molecule has 1 aromatic heterocycles. The van der Waals surface area contributed by atoms with E-state index >= 15 is 0 Å². The lowest BCUT2D eigenvalue weighted by molar-refractivity contribution is 0.0598. The summed E-state index contributed by atoms with van der Waals surface area (Å²) < 4.78 is 4.62. The van der Waals surface area contributed by atoms with E-state index in [1.165, 1.54) is 7.11 Å². The van der Waals surface area contributed by atoms with E-state index in [-0.39, 0.29) is 6.54 Å². The third-order valence-corrected chi connectivity index (χ3v) is 1.89. The lowest BCUT2D eigenvalue weighted by Crippen LogP contribution is -2.13. The molecular formula is C9H13N3O2. The fourth-order valence-corrected chi connectivity index (χ4v) is 1.27. The quantitative estimate of drug-likeness (QED) is 0.688. The fraction of sp³-hybridized carbons (Fsp3) is 0.444. The van der Waals surface area contributed by atoms with Gasteiger partial charge in [-0.05, 0) is 13.8 Å². The molecule has 0 radical (unpaired) electrons. The molecule has 2 N–H and O–H groups in total. The molecule has 14 heavy (non-hydrogen) atoms. The number of hydrogen-bond acceptors (Lipinski definition) is 5. The number of methoxy groups -OCH3 is 1. The number of esters is 1. The number of ether oxygens (including phenoxy) is 1. The van der Waals surface area contributed by atoms with Gasteiger partial charge in [-0.15, -0.1) is 0 Å². The van der Waals surface area contributed by atoms with Gasteiger partial charge in [0, 0.05) is 0 Å². The summed E-state index contributed by atoms with van der Waals surface area (Å²) in [5.74, 6) is 0.122. The van der Waals surface area contributed by atoms with Crippen molar-refractivity contribution in [2.45, 2.75) is 20.4 Å². The van der Waals surface area contributed by atoms with Crippen LogP contribution in [0, 0.1) is 13.8 Å². The largest absolute Gasteiger partial charge is 0.465 e. The number of carbonyl (C=O) groups excluding carboxylic acids is 1. The van der Waals surface area contributed by atoms with Crippen molar-refractivity contribution in [3.63, 3.8) is 0 Å². The summed E-state index contributed by atoms with van der Waals surface area (Å²) in [5.41, 5.74) is 7.03. The molecule has 0 aromatic carbocycles. The Labute approximate surface area is 82.3 Å². The molecule has 0 bridgehead atoms. The molecule has 0 saturated heterocycles. The molecule has 0 amide bonds. The van der Waals surface area contributed by atoms with Crippen LogP contribution in [0.15, 0.2) is 0 Å². The molecule has 1 aromatic rings. The van der Waals surface area contributed by atoms with Crippen LogP contribution in [-0.2, 0) is 11.3 Å². The summed E-state index contributed by atoms with van der Waals surface area (Å²) >= 11 is 0. The Hall–Kier alpha value is -1.49. The summed E-state index contributed by atoms with van der Waals surface area (Å²) in [5, 5.41) is 0. The summed E-state index contributed by atoms with van der Waals surface area (Å²) in [6, 6.07) is 0. The minimum Gasteiger partial charge on any atom is -0.465 e. The zero-order valence-electron chi connectivity index (χ0n) is 8.50. The minimum absolute atomic E-state index is 0.267. The predicted octanol–water partition coefficient (Wildman–Crippen LogP) is 0.339. The second kappa shape index (κ2) is 4.15. The highest BCUT2D eigenvalue weighted by molar-refractivity contribution is 5.91. The number of nitrogens with two attached hydrogens (primary N) is 1. The smallest absolute Gasteiger partial charge is 0.341 e. The molecule has 0 aliphatic heterocycles. The minimum atomic E-state index is -0.413. The van der Waals surface area contributed by atoms with E-state index in [0.717, 1.165) is 0 Å². The van der Waals surface area contributed by atoms with Gasteiger partial charge in [-0.1, -0.05) is 0 Å². The van der Waals surface area contributed by atoms with E-state index in [4.69, 9.17) is 5.73 Å². The van der Waals surface area contributed by atoms with E-state index in [0.29, 0.717) is 22.8 Å². The summed E-state index contributed by atoms with van der Waals surface area (Å²) in [7, 11) is 1.33. The van der Waals surface area contributed by atoms with E-state index in [1.807, 2.05) is 0 Å². The highest BCUT2D eigenvalue weighted by atomic mass is 16.5. The topological polar surface area (TPSA) is 78.1 Å². The maximum absolute atomic E-state index is 11.3. The zero-order valence-corrected chi connectivity index (χ0v) is 8.50. The molecule has 5 heteroatoms. The second-order valence-electron chi connectivity index (χ2n) is 2.88. The number of carbonyl (C=O) groups is 1. The van der Waals surface area contributed by atoms with Gasteiger partial charge in [0.2, 0.25) is 0 Å². The van der Waals surface area contributed by atoms with Crippen LogP contribution in [-0.4, -0.2) is 23.0 Å². The number of rotatable bonds is 2. The highest BCUT2D eigenvalue weighted by Gasteiger charge is 2.15. The molecule has 0 aliphatic carbocycles. The van der Waals surface area contributed by atoms with Crippen LogP contribution in [0.4, 0.5) is 0 Å². The maximum Gasteiger partial charge on any atom is 0.341 e. The Morgan fingerprint density at radius 1 is 1.36 bits per heavy atom. The monoisotopic (exact) mass is 195 g/mol. The number of nitrogens with zero attached hydrogens (tertiary/aromatic N) is 2. The van der Waals surface area contributed by atoms with Gasteiger partial charge in [0.25, 0.3) is 0 Å². The maximum atomic E-state index is 11.3. The van der Waals surface area contributed by atoms with Crippen molar-refractivity contribution < 1.29 is 9.53 Å². The zero-order chi connectivity index (χ0) is 10.7. The molecule has 1 rings (SSSR count). The van der Waals surface area contributed by atoms with Gasteiger partial charge in [0.1, 0.15) is 11.4 Å². The van der Waals surface area contributed by atoms with Gasteiger partial charge in [0.15, 0.2) is 0 Å². The second-order valence-corrected chi connectivity index (χ2v) is 2.88. The molecular weight excluding hydrogens is 182 g/mol. The molecule has 0 fully saturated rings. The average molecular weight is 195 g/mol. The Bertz CT molecular complexity index is 340. The van der Waals surface area contributed by atoms with Crippen molar-refractivity contribution >= 4 is 5.97 Å². The van der Waals surface area contributed by atoms with E-state index in [2.05, 4.69) is 14.7 Å². The Morgan fingerprint density at radius 3 is 2.21 bits per heavy atom. The number of aromatic nitrogens is 2. The van der Waals surface area contributed by atoms with Crippen LogP contribution in [0.2, 0.25) is 0 Å². The summed E-state index contributed by atoms with van der Waals surface area (Å²) in [4.78, 5) is 19.5. The van der Waals surface area contributed by atoms with Crippen LogP contribution < -0.4 is 5.73 Å². The van der Waals surface area contributed by atoms with Crippen molar-refractivity contribution in [2.24, 2.45) is 5.73 Å². The average Bonchev–Trinajstić information content (AvgIpc) is 2.16. The first kappa shape index (κ1) is 10.6. The van der Waals surface area contributed by atoms with Crippen molar-refractivity contribution in [2.75, 3.05) is 7.11 Å². The van der Waals surface area contributed by atoms with Gasteiger partial charge in [-0.2, -0.15) is 0 Å². The van der Waals surface area contributed by atoms with Crippen LogP contribution >= 0.6 is 0 Å². The van der Waals surface area contributed by atoms with Crippen LogP contribution in [0.1, 0.15) is 27.6 Å². The number of hydrogen-bond donors (Lipinski definition) is 1. The SMILES string of the molecule is COC(=O)c1c(C)nc(CN)nc1C. The number of aryl methyl sites for hydroxylation is 2. The van der Waals surface area contributed by atoms with Crippen LogP contribution in [0.25, 0.3) is 0 Å². The molecule has 0 unspecified atom stereocenters. The molecule has 1 heterocycles. The fourth-order valence-electron chi connectivity index (χ4n) is 1.27. The molecule has 0 atom stereocenters. The third kappa shape index (κ3) is 1.88. The van der Waals surface area contributed by atoms with Crippen LogP contribution in [0.3, 0.4) is 0 Å². The first-order valence-corrected chi connectivity index (χ1v) is 4.22. The lowest BCUT2D eigenvalue weighted by Gasteiger charge is -2.07. The van der Waals surface area contributed by atoms with Gasteiger partial charge < -0.3 is 10.5 Å². The van der Waals surface area contributed by atoms with E-state index in [1.54, 1.807) is 13.8 Å². The highest BCUT2D eigenvalue weighted by Crippen LogP contribution is 2.11. The molecule has 0 aliphatic rings. The first-order chi connectivity index (χ1) is 6.60. The summed E-state index contributed by atoms with van der Waals surface area (Å²) in [6.45, 7) is 3.74. The van der Waals surface area contributed by atoms with Crippen molar-refractivity contribution in [1.29, 1.82) is 0 Å². The van der Waals surface area contributed by atoms with Crippen molar-refractivity contribution in [3.8, 4) is 0 Å². The summed E-state index contributed by atoms with van der Waals surface area (Å²) in [6.07, 6.45) is 0. The molecule has 0 saturated carbocycles. The van der Waals surface area contributed by atoms with Crippen molar-refractivity contribution in [3.05, 3.63) is 22.8 Å². The predicted molar refractivity (Wildman–Crippen MR) is 50.7 cm³/mol. The lowest BCUT2D eigenvalue weighted by atomic mass is 10.2. The van der Waals surface area contributed by atoms with E-state index < -0.39 is 5.97 Å². The Kier molecular flexibility index (Phi) is 3.14. The van der Waals surface area contributed by atoms with Gasteiger partial charge >= 0.3 is 5.97 Å². The Balaban J connectivity index is 3.25. The molecule has 76 valence electrons. The Morgan fingerprint density at radius 2 is 1.86 bits per heavy atom. The first-order valence-electron chi connectivity index (χ1n) is 4.22. The standard InChI is InChI=1S/C9H13N3O2/c1-5-8(9(13)14-3)6(2)12-7(4-10)11-5/h4,10H2,1-3H3. The normalized spacial score (nSPS) is 10.0. The van der Waals surface area contributed by atoms with Gasteiger partial charge in [-0.3, -0.25) is 0 Å². The van der Waals surface area contributed by atoms with E-state index in [9.17, 15) is 4.79 Å². The molecule has 5 nitrogen and oxygen atoms in total.